The highest BCUT2D eigenvalue weighted by Crippen LogP contribution is 2.12. The van der Waals surface area contributed by atoms with Crippen molar-refractivity contribution in [1.29, 1.82) is 0 Å². The van der Waals surface area contributed by atoms with E-state index in [1.54, 1.807) is 0 Å². The molecule has 0 aliphatic heterocycles. The highest BCUT2D eigenvalue weighted by atomic mass is 35.5. The van der Waals surface area contributed by atoms with Crippen LogP contribution in [-0.2, 0) is 4.79 Å². The number of halogens is 1. The topological polar surface area (TPSA) is 41.1 Å². The second-order valence-corrected chi connectivity index (χ2v) is 4.68. The molecule has 100 valence electrons. The van der Waals surface area contributed by atoms with Crippen LogP contribution in [0.5, 0.6) is 0 Å². The molecule has 1 rings (SSSR count). The first kappa shape index (κ1) is 14.8. The van der Waals surface area contributed by atoms with Crippen LogP contribution >= 0.6 is 11.6 Å². The van der Waals surface area contributed by atoms with Crippen LogP contribution in [0.25, 0.3) is 0 Å². The maximum absolute atomic E-state index is 11.5. The maximum atomic E-state index is 11.5. The first-order valence-electron chi connectivity index (χ1n) is 6.48. The summed E-state index contributed by atoms with van der Waals surface area (Å²) < 4.78 is 0. The Morgan fingerprint density at radius 1 is 1.17 bits per heavy atom. The molecule has 3 nitrogen and oxygen atoms in total. The molecule has 0 radical (unpaired) electrons. The molecule has 0 aliphatic carbocycles. The van der Waals surface area contributed by atoms with Crippen LogP contribution < -0.4 is 10.6 Å². The molecule has 2 N–H and O–H groups in total. The van der Waals surface area contributed by atoms with Crippen LogP contribution in [0, 0.1) is 0 Å². The van der Waals surface area contributed by atoms with Crippen LogP contribution in [0.15, 0.2) is 24.3 Å². The van der Waals surface area contributed by atoms with Crippen molar-refractivity contribution < 1.29 is 4.79 Å². The number of carbonyl (C=O) groups is 1. The number of hydrogen-bond donors (Lipinski definition) is 2. The minimum absolute atomic E-state index is 0.104. The molecule has 1 aromatic rings. The van der Waals surface area contributed by atoms with E-state index < -0.39 is 0 Å². The van der Waals surface area contributed by atoms with Gasteiger partial charge < -0.3 is 10.6 Å². The molecule has 0 atom stereocenters. The average molecular weight is 269 g/mol. The van der Waals surface area contributed by atoms with Crippen LogP contribution in [0.2, 0.25) is 5.02 Å². The summed E-state index contributed by atoms with van der Waals surface area (Å²) in [5.74, 6) is 0.104. The Morgan fingerprint density at radius 2 is 1.89 bits per heavy atom. The molecule has 4 heteroatoms. The van der Waals surface area contributed by atoms with Gasteiger partial charge in [0.25, 0.3) is 0 Å². The van der Waals surface area contributed by atoms with Crippen molar-refractivity contribution >= 4 is 23.2 Å². The number of amides is 1. The number of unbranched alkanes of at least 4 members (excludes halogenated alkanes) is 2. The first-order chi connectivity index (χ1) is 8.72. The van der Waals surface area contributed by atoms with Crippen molar-refractivity contribution in [2.24, 2.45) is 0 Å². The zero-order chi connectivity index (χ0) is 13.2. The van der Waals surface area contributed by atoms with Gasteiger partial charge in [0.2, 0.25) is 5.91 Å². The van der Waals surface area contributed by atoms with E-state index in [0.717, 1.165) is 18.7 Å². The molecule has 1 amide bonds. The Hall–Kier alpha value is -1.22. The van der Waals surface area contributed by atoms with Gasteiger partial charge in [-0.2, -0.15) is 0 Å². The monoisotopic (exact) mass is 268 g/mol. The lowest BCUT2D eigenvalue weighted by Gasteiger charge is -2.07. The molecule has 0 spiro atoms. The number of carbonyl (C=O) groups excluding carboxylic acids is 1. The van der Waals surface area contributed by atoms with E-state index >= 15 is 0 Å². The Balaban J connectivity index is 2.10. The third-order valence-electron chi connectivity index (χ3n) is 2.63. The predicted octanol–water partition coefficient (Wildman–Crippen LogP) is 3.45. The third kappa shape index (κ3) is 6.50. The summed E-state index contributed by atoms with van der Waals surface area (Å²) in [5, 5.41) is 6.81. The quantitative estimate of drug-likeness (QED) is 0.709. The summed E-state index contributed by atoms with van der Waals surface area (Å²) in [4.78, 5) is 11.5. The Labute approximate surface area is 114 Å². The van der Waals surface area contributed by atoms with Gasteiger partial charge in [0, 0.05) is 30.2 Å². The highest BCUT2D eigenvalue weighted by molar-refractivity contribution is 6.30. The molecule has 0 aliphatic rings. The summed E-state index contributed by atoms with van der Waals surface area (Å²) in [7, 11) is 0. The van der Waals surface area contributed by atoms with Crippen molar-refractivity contribution in [3.05, 3.63) is 29.3 Å². The number of nitrogens with one attached hydrogen (secondary N) is 2. The largest absolute Gasteiger partial charge is 0.385 e. The number of anilines is 1. The van der Waals surface area contributed by atoms with E-state index in [0.29, 0.717) is 18.0 Å². The molecular weight excluding hydrogens is 248 g/mol. The highest BCUT2D eigenvalue weighted by Gasteiger charge is 2.00. The SMILES string of the molecule is CCCCCNC(=O)CCNc1ccc(Cl)cc1. The van der Waals surface area contributed by atoms with Gasteiger partial charge in [0.05, 0.1) is 0 Å². The zero-order valence-corrected chi connectivity index (χ0v) is 11.6. The lowest BCUT2D eigenvalue weighted by molar-refractivity contribution is -0.120. The Kier molecular flexibility index (Phi) is 7.26. The summed E-state index contributed by atoms with van der Waals surface area (Å²) >= 11 is 5.79. The summed E-state index contributed by atoms with van der Waals surface area (Å²) in [6.45, 7) is 3.58. The molecular formula is C14H21ClN2O. The summed E-state index contributed by atoms with van der Waals surface area (Å²) in [5.41, 5.74) is 0.984. The second-order valence-electron chi connectivity index (χ2n) is 4.24. The Morgan fingerprint density at radius 3 is 2.56 bits per heavy atom. The fourth-order valence-electron chi connectivity index (χ4n) is 1.58. The minimum atomic E-state index is 0.104. The molecule has 18 heavy (non-hydrogen) atoms. The molecule has 1 aromatic carbocycles. The van der Waals surface area contributed by atoms with Crippen LogP contribution in [0.1, 0.15) is 32.6 Å². The van der Waals surface area contributed by atoms with Gasteiger partial charge in [-0.05, 0) is 30.7 Å². The molecule has 0 unspecified atom stereocenters. The average Bonchev–Trinajstić information content (AvgIpc) is 2.37. The van der Waals surface area contributed by atoms with Crippen molar-refractivity contribution in [2.45, 2.75) is 32.6 Å². The fourth-order valence-corrected chi connectivity index (χ4v) is 1.71. The Bertz CT molecular complexity index is 351. The van der Waals surface area contributed by atoms with E-state index in [1.807, 2.05) is 24.3 Å². The maximum Gasteiger partial charge on any atom is 0.221 e. The molecule has 0 fully saturated rings. The van der Waals surface area contributed by atoms with E-state index in [1.165, 1.54) is 12.8 Å². The van der Waals surface area contributed by atoms with E-state index in [-0.39, 0.29) is 5.91 Å². The second kappa shape index (κ2) is 8.81. The van der Waals surface area contributed by atoms with E-state index in [4.69, 9.17) is 11.6 Å². The van der Waals surface area contributed by atoms with E-state index in [2.05, 4.69) is 17.6 Å². The van der Waals surface area contributed by atoms with Crippen LogP contribution in [-0.4, -0.2) is 19.0 Å². The van der Waals surface area contributed by atoms with Crippen molar-refractivity contribution in [1.82, 2.24) is 5.32 Å². The molecule has 0 heterocycles. The third-order valence-corrected chi connectivity index (χ3v) is 2.88. The fraction of sp³-hybridized carbons (Fsp3) is 0.500. The van der Waals surface area contributed by atoms with E-state index in [9.17, 15) is 4.79 Å². The van der Waals surface area contributed by atoms with Gasteiger partial charge in [-0.3, -0.25) is 4.79 Å². The lowest BCUT2D eigenvalue weighted by atomic mass is 10.2. The zero-order valence-electron chi connectivity index (χ0n) is 10.8. The smallest absolute Gasteiger partial charge is 0.221 e. The minimum Gasteiger partial charge on any atom is -0.385 e. The van der Waals surface area contributed by atoms with Crippen LogP contribution in [0.4, 0.5) is 5.69 Å². The van der Waals surface area contributed by atoms with Crippen molar-refractivity contribution in [3.8, 4) is 0 Å². The molecule has 0 saturated carbocycles. The van der Waals surface area contributed by atoms with Gasteiger partial charge in [-0.1, -0.05) is 31.4 Å². The number of hydrogen-bond acceptors (Lipinski definition) is 2. The lowest BCUT2D eigenvalue weighted by Crippen LogP contribution is -2.26. The van der Waals surface area contributed by atoms with Crippen molar-refractivity contribution in [3.63, 3.8) is 0 Å². The van der Waals surface area contributed by atoms with Gasteiger partial charge >= 0.3 is 0 Å². The summed E-state index contributed by atoms with van der Waals surface area (Å²) in [6.07, 6.45) is 3.90. The normalized spacial score (nSPS) is 10.1. The number of benzene rings is 1. The predicted molar refractivity (Wildman–Crippen MR) is 77.1 cm³/mol. The van der Waals surface area contributed by atoms with Crippen LogP contribution in [0.3, 0.4) is 0 Å². The number of rotatable bonds is 8. The standard InChI is InChI=1S/C14H21ClN2O/c1-2-3-4-10-17-14(18)9-11-16-13-7-5-12(15)6-8-13/h5-8,16H,2-4,9-11H2,1H3,(H,17,18). The molecule has 0 aromatic heterocycles. The van der Waals surface area contributed by atoms with Gasteiger partial charge in [-0.25, -0.2) is 0 Å². The molecule has 0 saturated heterocycles. The van der Waals surface area contributed by atoms with Gasteiger partial charge in [-0.15, -0.1) is 0 Å². The van der Waals surface area contributed by atoms with Crippen molar-refractivity contribution in [2.75, 3.05) is 18.4 Å². The summed E-state index contributed by atoms with van der Waals surface area (Å²) in [6, 6.07) is 7.46. The van der Waals surface area contributed by atoms with Gasteiger partial charge in [0.1, 0.15) is 0 Å². The first-order valence-corrected chi connectivity index (χ1v) is 6.86. The van der Waals surface area contributed by atoms with Gasteiger partial charge in [0.15, 0.2) is 0 Å². The molecule has 0 bridgehead atoms.